The first kappa shape index (κ1) is 14.7. The van der Waals surface area contributed by atoms with Crippen molar-refractivity contribution < 1.29 is 14.4 Å². The first-order chi connectivity index (χ1) is 11.2. The number of nitrogens with zero attached hydrogens (tertiary/aromatic N) is 4. The van der Waals surface area contributed by atoms with E-state index >= 15 is 0 Å². The summed E-state index contributed by atoms with van der Waals surface area (Å²) >= 11 is 0. The molecule has 1 saturated heterocycles. The fourth-order valence-electron chi connectivity index (χ4n) is 3.30. The number of aromatic nitrogens is 2. The van der Waals surface area contributed by atoms with Crippen LogP contribution in [0.1, 0.15) is 43.8 Å². The maximum absolute atomic E-state index is 12.8. The minimum atomic E-state index is -0.477. The molecule has 0 bridgehead atoms. The van der Waals surface area contributed by atoms with Crippen LogP contribution in [0.25, 0.3) is 0 Å². The summed E-state index contributed by atoms with van der Waals surface area (Å²) < 4.78 is 1.75. The highest BCUT2D eigenvalue weighted by atomic mass is 16.7. The van der Waals surface area contributed by atoms with Crippen molar-refractivity contribution >= 4 is 11.8 Å². The fourth-order valence-corrected chi connectivity index (χ4v) is 3.30. The Labute approximate surface area is 135 Å². The Kier molecular flexibility index (Phi) is 3.80. The third kappa shape index (κ3) is 2.97. The van der Waals surface area contributed by atoms with E-state index in [9.17, 15) is 9.59 Å². The summed E-state index contributed by atoms with van der Waals surface area (Å²) in [5.41, 5.74) is 0.913. The fraction of sp³-hybridized carbons (Fsp3) is 0.688. The zero-order valence-electron chi connectivity index (χ0n) is 13.2. The van der Waals surface area contributed by atoms with Gasteiger partial charge in [0.1, 0.15) is 0 Å². The van der Waals surface area contributed by atoms with E-state index in [-0.39, 0.29) is 11.8 Å². The minimum Gasteiger partial charge on any atom is -0.334 e. The normalized spacial score (nSPS) is 24.4. The number of amides is 2. The van der Waals surface area contributed by atoms with E-state index in [2.05, 4.69) is 5.10 Å². The molecule has 124 valence electrons. The Morgan fingerprint density at radius 1 is 1.30 bits per heavy atom. The first-order valence-corrected chi connectivity index (χ1v) is 8.47. The smallest absolute Gasteiger partial charge is 0.272 e. The van der Waals surface area contributed by atoms with Gasteiger partial charge in [-0.2, -0.15) is 5.10 Å². The Morgan fingerprint density at radius 3 is 2.91 bits per heavy atom. The van der Waals surface area contributed by atoms with E-state index in [0.717, 1.165) is 31.4 Å². The SMILES string of the molecule is O=C(CC1CC1)N1Cc2ccnn2[C@@H](C(=O)N2CCCCO2)C1. The van der Waals surface area contributed by atoms with Gasteiger partial charge in [-0.3, -0.25) is 19.1 Å². The molecule has 3 heterocycles. The molecule has 2 amide bonds. The molecule has 4 rings (SSSR count). The standard InChI is InChI=1S/C16H22N4O3/c21-15(9-12-3-4-12)18-10-13-5-6-17-20(13)14(11-18)16(22)19-7-1-2-8-23-19/h5-6,12,14H,1-4,7-11H2/t14-/m1/s1. The van der Waals surface area contributed by atoms with Gasteiger partial charge in [0.15, 0.2) is 6.04 Å². The summed E-state index contributed by atoms with van der Waals surface area (Å²) in [6.45, 7) is 2.12. The van der Waals surface area contributed by atoms with Gasteiger partial charge in [0, 0.05) is 19.2 Å². The highest BCUT2D eigenvalue weighted by Crippen LogP contribution is 2.34. The minimum absolute atomic E-state index is 0.0985. The van der Waals surface area contributed by atoms with Gasteiger partial charge < -0.3 is 4.90 Å². The van der Waals surface area contributed by atoms with E-state index in [4.69, 9.17) is 4.84 Å². The van der Waals surface area contributed by atoms with E-state index in [0.29, 0.717) is 38.6 Å². The molecule has 7 nitrogen and oxygen atoms in total. The molecule has 2 fully saturated rings. The first-order valence-electron chi connectivity index (χ1n) is 8.47. The van der Waals surface area contributed by atoms with Gasteiger partial charge in [0.05, 0.1) is 25.4 Å². The number of hydroxylamine groups is 2. The third-order valence-electron chi connectivity index (χ3n) is 4.84. The Hall–Kier alpha value is -1.89. The lowest BCUT2D eigenvalue weighted by Gasteiger charge is -2.36. The molecule has 0 N–H and O–H groups in total. The van der Waals surface area contributed by atoms with Crippen LogP contribution in [-0.4, -0.2) is 51.3 Å². The average molecular weight is 318 g/mol. The number of fused-ring (bicyclic) bond motifs is 1. The van der Waals surface area contributed by atoms with Crippen molar-refractivity contribution in [2.24, 2.45) is 5.92 Å². The second-order valence-electron chi connectivity index (χ2n) is 6.69. The van der Waals surface area contributed by atoms with Crippen LogP contribution in [0.3, 0.4) is 0 Å². The number of carbonyl (C=O) groups is 2. The number of carbonyl (C=O) groups excluding carboxylic acids is 2. The molecule has 23 heavy (non-hydrogen) atoms. The van der Waals surface area contributed by atoms with Crippen molar-refractivity contribution in [2.75, 3.05) is 19.7 Å². The summed E-state index contributed by atoms with van der Waals surface area (Å²) in [6.07, 6.45) is 6.54. The van der Waals surface area contributed by atoms with Crippen molar-refractivity contribution in [2.45, 2.75) is 44.7 Å². The summed E-state index contributed by atoms with van der Waals surface area (Å²) in [4.78, 5) is 32.6. The molecule has 1 aromatic rings. The predicted molar refractivity (Wildman–Crippen MR) is 80.9 cm³/mol. The lowest BCUT2D eigenvalue weighted by molar-refractivity contribution is -0.201. The van der Waals surface area contributed by atoms with Gasteiger partial charge >= 0.3 is 0 Å². The molecule has 3 aliphatic rings. The number of hydrogen-bond donors (Lipinski definition) is 0. The van der Waals surface area contributed by atoms with E-state index < -0.39 is 6.04 Å². The van der Waals surface area contributed by atoms with Crippen LogP contribution in [0, 0.1) is 5.92 Å². The van der Waals surface area contributed by atoms with Crippen molar-refractivity contribution in [1.29, 1.82) is 0 Å². The van der Waals surface area contributed by atoms with Crippen LogP contribution in [-0.2, 0) is 21.0 Å². The number of rotatable bonds is 3. The molecule has 7 heteroatoms. The molecule has 0 unspecified atom stereocenters. The van der Waals surface area contributed by atoms with Gasteiger partial charge in [-0.15, -0.1) is 0 Å². The largest absolute Gasteiger partial charge is 0.334 e. The van der Waals surface area contributed by atoms with Gasteiger partial charge in [-0.1, -0.05) is 0 Å². The van der Waals surface area contributed by atoms with Gasteiger partial charge in [0.25, 0.3) is 5.91 Å². The summed E-state index contributed by atoms with van der Waals surface area (Å²) in [6, 6.07) is 1.41. The highest BCUT2D eigenvalue weighted by Gasteiger charge is 2.37. The molecule has 1 aromatic heterocycles. The Bertz CT molecular complexity index is 604. The van der Waals surface area contributed by atoms with Crippen LogP contribution in [0.2, 0.25) is 0 Å². The maximum atomic E-state index is 12.8. The molecule has 1 atom stereocenters. The van der Waals surface area contributed by atoms with Crippen LogP contribution < -0.4 is 0 Å². The predicted octanol–water partition coefficient (Wildman–Crippen LogP) is 1.12. The molecular weight excluding hydrogens is 296 g/mol. The lowest BCUT2D eigenvalue weighted by atomic mass is 10.1. The van der Waals surface area contributed by atoms with Crippen LogP contribution in [0.15, 0.2) is 12.3 Å². The Balaban J connectivity index is 1.52. The van der Waals surface area contributed by atoms with Crippen LogP contribution in [0.4, 0.5) is 0 Å². The van der Waals surface area contributed by atoms with Crippen molar-refractivity contribution in [3.63, 3.8) is 0 Å². The molecule has 2 aliphatic heterocycles. The zero-order chi connectivity index (χ0) is 15.8. The summed E-state index contributed by atoms with van der Waals surface area (Å²) in [7, 11) is 0. The van der Waals surface area contributed by atoms with E-state index in [1.165, 1.54) is 5.06 Å². The van der Waals surface area contributed by atoms with Gasteiger partial charge in [-0.05, 0) is 37.7 Å². The van der Waals surface area contributed by atoms with E-state index in [1.54, 1.807) is 10.9 Å². The highest BCUT2D eigenvalue weighted by molar-refractivity contribution is 5.82. The average Bonchev–Trinajstić information content (AvgIpc) is 3.27. The molecule has 1 saturated carbocycles. The Morgan fingerprint density at radius 2 is 2.17 bits per heavy atom. The number of hydrogen-bond acceptors (Lipinski definition) is 4. The second-order valence-corrected chi connectivity index (χ2v) is 6.69. The molecule has 1 aliphatic carbocycles. The van der Waals surface area contributed by atoms with Crippen LogP contribution >= 0.6 is 0 Å². The van der Waals surface area contributed by atoms with Crippen LogP contribution in [0.5, 0.6) is 0 Å². The molecule has 0 aromatic carbocycles. The molecule has 0 spiro atoms. The summed E-state index contributed by atoms with van der Waals surface area (Å²) in [5, 5.41) is 5.75. The lowest BCUT2D eigenvalue weighted by Crippen LogP contribution is -2.49. The molecule has 0 radical (unpaired) electrons. The monoisotopic (exact) mass is 318 g/mol. The van der Waals surface area contributed by atoms with E-state index in [1.807, 2.05) is 11.0 Å². The summed E-state index contributed by atoms with van der Waals surface area (Å²) in [5.74, 6) is 0.602. The van der Waals surface area contributed by atoms with Gasteiger partial charge in [0.2, 0.25) is 5.91 Å². The third-order valence-corrected chi connectivity index (χ3v) is 4.84. The van der Waals surface area contributed by atoms with Gasteiger partial charge in [-0.25, -0.2) is 5.06 Å². The second kappa shape index (κ2) is 5.96. The topological polar surface area (TPSA) is 67.7 Å². The van der Waals surface area contributed by atoms with Crippen molar-refractivity contribution in [3.8, 4) is 0 Å². The molecular formula is C16H22N4O3. The zero-order valence-corrected chi connectivity index (χ0v) is 13.2. The quantitative estimate of drug-likeness (QED) is 0.837. The maximum Gasteiger partial charge on any atom is 0.272 e. The van der Waals surface area contributed by atoms with Crippen molar-refractivity contribution in [3.05, 3.63) is 18.0 Å². The van der Waals surface area contributed by atoms with Crippen molar-refractivity contribution in [1.82, 2.24) is 19.7 Å².